The van der Waals surface area contributed by atoms with Crippen LogP contribution < -0.4 is 14.4 Å². The minimum Gasteiger partial charge on any atom is -0.494 e. The van der Waals surface area contributed by atoms with Gasteiger partial charge in [0.1, 0.15) is 24.2 Å². The maximum absolute atomic E-state index is 15.1. The molecule has 0 aliphatic carbocycles. The summed E-state index contributed by atoms with van der Waals surface area (Å²) < 4.78 is 50.7. The highest BCUT2D eigenvalue weighted by molar-refractivity contribution is 9.10. The third kappa shape index (κ3) is 9.42. The summed E-state index contributed by atoms with van der Waals surface area (Å²) in [6.07, 6.45) is 0.786. The van der Waals surface area contributed by atoms with E-state index in [-0.39, 0.29) is 35.2 Å². The Morgan fingerprint density at radius 1 is 0.894 bits per heavy atom. The van der Waals surface area contributed by atoms with Crippen molar-refractivity contribution < 1.29 is 27.1 Å². The molecule has 0 aliphatic rings. The van der Waals surface area contributed by atoms with Gasteiger partial charge in [-0.15, -0.1) is 0 Å². The molecule has 248 valence electrons. The number of carbonyl (C=O) groups is 2. The second kappa shape index (κ2) is 16.6. The van der Waals surface area contributed by atoms with Crippen molar-refractivity contribution in [3.05, 3.63) is 125 Å². The van der Waals surface area contributed by atoms with Gasteiger partial charge in [0.15, 0.2) is 0 Å². The number of nitrogens with zero attached hydrogens (tertiary/aromatic N) is 2. The van der Waals surface area contributed by atoms with Gasteiger partial charge < -0.3 is 15.0 Å². The molecule has 4 aromatic rings. The molecule has 2 amide bonds. The molecule has 2 atom stereocenters. The van der Waals surface area contributed by atoms with E-state index >= 15 is 4.39 Å². The summed E-state index contributed by atoms with van der Waals surface area (Å²) in [6, 6.07) is 26.4. The highest BCUT2D eigenvalue weighted by atomic mass is 79.9. The molecule has 0 radical (unpaired) electrons. The fraction of sp³-hybridized carbons (Fsp3) is 0.278. The number of carbonyl (C=O) groups excluding carboxylic acids is 2. The Morgan fingerprint density at radius 3 is 2.15 bits per heavy atom. The Bertz CT molecular complexity index is 1740. The zero-order chi connectivity index (χ0) is 34.0. The Hall–Kier alpha value is -4.22. The maximum Gasteiger partial charge on any atom is 0.264 e. The van der Waals surface area contributed by atoms with Crippen LogP contribution in [0, 0.1) is 5.82 Å². The zero-order valence-corrected chi connectivity index (χ0v) is 29.0. The topological polar surface area (TPSA) is 96.0 Å². The smallest absolute Gasteiger partial charge is 0.264 e. The van der Waals surface area contributed by atoms with Crippen molar-refractivity contribution in [3.8, 4) is 5.75 Å². The monoisotopic (exact) mass is 723 g/mol. The van der Waals surface area contributed by atoms with Gasteiger partial charge in [0.25, 0.3) is 10.0 Å². The van der Waals surface area contributed by atoms with Gasteiger partial charge in [-0.25, -0.2) is 12.8 Å². The number of ether oxygens (including phenoxy) is 1. The van der Waals surface area contributed by atoms with Crippen LogP contribution in [-0.2, 0) is 32.6 Å². The molecule has 0 heterocycles. The van der Waals surface area contributed by atoms with Gasteiger partial charge >= 0.3 is 0 Å². The highest BCUT2D eigenvalue weighted by Gasteiger charge is 2.35. The lowest BCUT2D eigenvalue weighted by Gasteiger charge is -2.34. The van der Waals surface area contributed by atoms with Gasteiger partial charge in [0.2, 0.25) is 11.8 Å². The number of hydrogen-bond donors (Lipinski definition) is 1. The Balaban J connectivity index is 1.81. The molecular formula is C36H39BrFN3O5S. The Kier molecular flexibility index (Phi) is 12.6. The first-order valence-electron chi connectivity index (χ1n) is 15.4. The largest absolute Gasteiger partial charge is 0.494 e. The van der Waals surface area contributed by atoms with Crippen LogP contribution in [-0.4, -0.2) is 50.4 Å². The van der Waals surface area contributed by atoms with Crippen LogP contribution in [0.5, 0.6) is 5.75 Å². The van der Waals surface area contributed by atoms with E-state index in [1.165, 1.54) is 23.1 Å². The predicted molar refractivity (Wildman–Crippen MR) is 185 cm³/mol. The van der Waals surface area contributed by atoms with E-state index in [0.717, 1.165) is 9.87 Å². The first-order valence-corrected chi connectivity index (χ1v) is 17.6. The average Bonchev–Trinajstić information content (AvgIpc) is 3.07. The molecule has 0 fully saturated rings. The van der Waals surface area contributed by atoms with Crippen LogP contribution in [0.1, 0.15) is 38.3 Å². The Labute approximate surface area is 284 Å². The van der Waals surface area contributed by atoms with Crippen molar-refractivity contribution in [1.29, 1.82) is 0 Å². The number of hydrogen-bond acceptors (Lipinski definition) is 5. The number of benzene rings is 4. The maximum atomic E-state index is 15.1. The van der Waals surface area contributed by atoms with Crippen LogP contribution in [0.3, 0.4) is 0 Å². The molecule has 0 saturated heterocycles. The fourth-order valence-corrected chi connectivity index (χ4v) is 6.62. The van der Waals surface area contributed by atoms with Crippen molar-refractivity contribution in [1.82, 2.24) is 10.2 Å². The molecule has 1 N–H and O–H groups in total. The predicted octanol–water partition coefficient (Wildman–Crippen LogP) is 6.74. The third-order valence-electron chi connectivity index (χ3n) is 7.69. The number of sulfonamides is 1. The minimum absolute atomic E-state index is 0.0293. The Morgan fingerprint density at radius 2 is 1.53 bits per heavy atom. The molecule has 0 bridgehead atoms. The number of nitrogens with one attached hydrogen (secondary N) is 1. The average molecular weight is 725 g/mol. The van der Waals surface area contributed by atoms with E-state index in [9.17, 15) is 18.0 Å². The molecule has 4 aromatic carbocycles. The number of halogens is 2. The number of anilines is 1. The van der Waals surface area contributed by atoms with E-state index in [0.29, 0.717) is 23.2 Å². The lowest BCUT2D eigenvalue weighted by atomic mass is 10.0. The molecule has 0 spiro atoms. The molecule has 0 aromatic heterocycles. The second-order valence-corrected chi connectivity index (χ2v) is 13.8. The summed E-state index contributed by atoms with van der Waals surface area (Å²) in [5, 5.41) is 2.97. The first-order chi connectivity index (χ1) is 22.5. The first kappa shape index (κ1) is 35.6. The van der Waals surface area contributed by atoms with E-state index in [4.69, 9.17) is 4.74 Å². The fourth-order valence-electron chi connectivity index (χ4n) is 4.94. The van der Waals surface area contributed by atoms with Crippen LogP contribution in [0.25, 0.3) is 0 Å². The SMILES string of the molecule is CCOc1ccc(N(CC(=O)N(Cc2ccccc2F)[C@@H](Cc2ccccc2)C(=O)N[C@@H](C)CC)S(=O)(=O)c2ccc(Br)cc2)cc1. The van der Waals surface area contributed by atoms with E-state index in [1.54, 1.807) is 54.6 Å². The summed E-state index contributed by atoms with van der Waals surface area (Å²) in [5.41, 5.74) is 1.20. The van der Waals surface area contributed by atoms with E-state index < -0.39 is 40.2 Å². The summed E-state index contributed by atoms with van der Waals surface area (Å²) >= 11 is 3.34. The lowest BCUT2D eigenvalue weighted by Crippen LogP contribution is -2.54. The van der Waals surface area contributed by atoms with Gasteiger partial charge in [-0.2, -0.15) is 0 Å². The van der Waals surface area contributed by atoms with Crippen LogP contribution in [0.2, 0.25) is 0 Å². The zero-order valence-electron chi connectivity index (χ0n) is 26.6. The van der Waals surface area contributed by atoms with Crippen LogP contribution in [0.4, 0.5) is 10.1 Å². The third-order valence-corrected chi connectivity index (χ3v) is 10.0. The minimum atomic E-state index is -4.28. The lowest BCUT2D eigenvalue weighted by molar-refractivity contribution is -0.140. The van der Waals surface area contributed by atoms with Crippen molar-refractivity contribution in [2.75, 3.05) is 17.5 Å². The van der Waals surface area contributed by atoms with Gasteiger partial charge in [0, 0.05) is 29.0 Å². The summed E-state index contributed by atoms with van der Waals surface area (Å²) in [6.45, 7) is 5.14. The van der Waals surface area contributed by atoms with Crippen molar-refractivity contribution in [2.45, 2.75) is 57.1 Å². The van der Waals surface area contributed by atoms with Crippen LogP contribution in [0.15, 0.2) is 112 Å². The van der Waals surface area contributed by atoms with Gasteiger partial charge in [-0.3, -0.25) is 13.9 Å². The number of amides is 2. The number of rotatable bonds is 15. The van der Waals surface area contributed by atoms with Gasteiger partial charge in [-0.05, 0) is 80.4 Å². The standard InChI is InChI=1S/C36H39BrFN3O5S/c1-4-26(3)39-36(43)34(23-27-11-7-6-8-12-27)40(24-28-13-9-10-14-33(28)38)35(42)25-41(30-17-19-31(20-18-30)46-5-2)47(44,45)32-21-15-29(37)16-22-32/h6-22,26,34H,4-5,23-25H2,1-3H3,(H,39,43)/t26-,34-/m0/s1. The molecule has 8 nitrogen and oxygen atoms in total. The molecular weight excluding hydrogens is 685 g/mol. The molecule has 0 unspecified atom stereocenters. The van der Waals surface area contributed by atoms with E-state index in [1.807, 2.05) is 51.1 Å². The molecule has 4 rings (SSSR count). The van der Waals surface area contributed by atoms with E-state index in [2.05, 4.69) is 21.2 Å². The van der Waals surface area contributed by atoms with Crippen LogP contribution >= 0.6 is 15.9 Å². The van der Waals surface area contributed by atoms with Gasteiger partial charge in [-0.1, -0.05) is 71.4 Å². The normalized spacial score (nSPS) is 12.5. The summed E-state index contributed by atoms with van der Waals surface area (Å²) in [7, 11) is -4.28. The molecule has 11 heteroatoms. The van der Waals surface area contributed by atoms with Crippen molar-refractivity contribution in [3.63, 3.8) is 0 Å². The summed E-state index contributed by atoms with van der Waals surface area (Å²) in [5.74, 6) is -1.11. The molecule has 0 aliphatic heterocycles. The summed E-state index contributed by atoms with van der Waals surface area (Å²) in [4.78, 5) is 29.7. The van der Waals surface area contributed by atoms with Crippen molar-refractivity contribution in [2.24, 2.45) is 0 Å². The quantitative estimate of drug-likeness (QED) is 0.147. The molecule has 0 saturated carbocycles. The molecule has 47 heavy (non-hydrogen) atoms. The highest BCUT2D eigenvalue weighted by Crippen LogP contribution is 2.28. The second-order valence-electron chi connectivity index (χ2n) is 11.0. The van der Waals surface area contributed by atoms with Crippen molar-refractivity contribution >= 4 is 43.5 Å². The van der Waals surface area contributed by atoms with Gasteiger partial charge in [0.05, 0.1) is 17.2 Å².